The van der Waals surface area contributed by atoms with Crippen molar-refractivity contribution in [1.82, 2.24) is 15.2 Å². The minimum Gasteiger partial charge on any atom is -0.378 e. The molecule has 5 rings (SSSR count). The molecular formula is C29H34F3N3O2. The van der Waals surface area contributed by atoms with Gasteiger partial charge in [0.2, 0.25) is 5.91 Å². The number of hydrogen-bond donors (Lipinski definition) is 1. The van der Waals surface area contributed by atoms with Crippen LogP contribution >= 0.6 is 0 Å². The van der Waals surface area contributed by atoms with Gasteiger partial charge in [-0.05, 0) is 91.5 Å². The molecule has 1 aromatic carbocycles. The number of nitrogens with one attached hydrogen (secondary N) is 1. The van der Waals surface area contributed by atoms with Crippen molar-refractivity contribution in [3.8, 4) is 11.1 Å². The largest absolute Gasteiger partial charge is 0.400 e. The summed E-state index contributed by atoms with van der Waals surface area (Å²) < 4.78 is 45.5. The summed E-state index contributed by atoms with van der Waals surface area (Å²) >= 11 is 0. The molecule has 3 aliphatic rings. The van der Waals surface area contributed by atoms with Gasteiger partial charge >= 0.3 is 6.18 Å². The lowest BCUT2D eigenvalue weighted by Gasteiger charge is -2.35. The number of aromatic nitrogens is 1. The van der Waals surface area contributed by atoms with E-state index in [1.54, 1.807) is 0 Å². The Labute approximate surface area is 216 Å². The van der Waals surface area contributed by atoms with Gasteiger partial charge in [-0.1, -0.05) is 12.1 Å². The minimum atomic E-state index is -4.55. The second kappa shape index (κ2) is 10.2. The van der Waals surface area contributed by atoms with Crippen molar-refractivity contribution >= 4 is 11.5 Å². The zero-order valence-electron chi connectivity index (χ0n) is 21.6. The van der Waals surface area contributed by atoms with Crippen LogP contribution in [0, 0.1) is 18.8 Å². The molecule has 1 amide bonds. The van der Waals surface area contributed by atoms with Gasteiger partial charge in [-0.15, -0.1) is 0 Å². The number of ether oxygens (including phenoxy) is 1. The van der Waals surface area contributed by atoms with Crippen LogP contribution in [0.2, 0.25) is 0 Å². The number of allylic oxidation sites excluding steroid dienone is 2. The molecule has 2 aromatic rings. The molecule has 37 heavy (non-hydrogen) atoms. The molecule has 5 nitrogen and oxygen atoms in total. The van der Waals surface area contributed by atoms with Crippen molar-refractivity contribution in [2.24, 2.45) is 11.8 Å². The summed E-state index contributed by atoms with van der Waals surface area (Å²) in [6.07, 6.45) is 2.68. The molecule has 8 heteroatoms. The first kappa shape index (κ1) is 25.9. The number of benzene rings is 1. The van der Waals surface area contributed by atoms with Crippen LogP contribution in [-0.4, -0.2) is 48.3 Å². The molecule has 1 N–H and O–H groups in total. The highest BCUT2D eigenvalue weighted by molar-refractivity contribution is 5.80. The van der Waals surface area contributed by atoms with Crippen molar-refractivity contribution in [3.63, 3.8) is 0 Å². The Kier molecular flexibility index (Phi) is 7.16. The topological polar surface area (TPSA) is 54.5 Å². The van der Waals surface area contributed by atoms with Crippen LogP contribution in [0.5, 0.6) is 0 Å². The fourth-order valence-corrected chi connectivity index (χ4v) is 5.34. The normalized spacial score (nSPS) is 21.5. The van der Waals surface area contributed by atoms with Crippen molar-refractivity contribution in [2.45, 2.75) is 58.8 Å². The van der Waals surface area contributed by atoms with Gasteiger partial charge < -0.3 is 15.0 Å². The van der Waals surface area contributed by atoms with E-state index in [0.717, 1.165) is 46.0 Å². The minimum absolute atomic E-state index is 0.0908. The van der Waals surface area contributed by atoms with Crippen LogP contribution in [0.3, 0.4) is 0 Å². The number of alkyl halides is 3. The van der Waals surface area contributed by atoms with Crippen LogP contribution in [0.15, 0.2) is 30.5 Å². The zero-order chi connectivity index (χ0) is 26.3. The third-order valence-corrected chi connectivity index (χ3v) is 7.80. The number of fused-ring (bicyclic) bond motifs is 1. The van der Waals surface area contributed by atoms with Gasteiger partial charge in [0.05, 0.1) is 19.3 Å². The molecule has 1 aliphatic carbocycles. The highest BCUT2D eigenvalue weighted by Crippen LogP contribution is 2.37. The van der Waals surface area contributed by atoms with Gasteiger partial charge in [0, 0.05) is 37.1 Å². The van der Waals surface area contributed by atoms with Gasteiger partial charge in [-0.2, -0.15) is 13.2 Å². The maximum absolute atomic E-state index is 13.3. The van der Waals surface area contributed by atoms with Crippen LogP contribution in [0.4, 0.5) is 13.2 Å². The maximum Gasteiger partial charge on any atom is 0.400 e. The molecule has 198 valence electrons. The van der Waals surface area contributed by atoms with Crippen LogP contribution in [0.25, 0.3) is 16.7 Å². The highest BCUT2D eigenvalue weighted by atomic mass is 19.4. The van der Waals surface area contributed by atoms with E-state index in [1.807, 2.05) is 13.1 Å². The Hall–Kier alpha value is -2.71. The van der Waals surface area contributed by atoms with E-state index in [0.29, 0.717) is 32.1 Å². The number of carbonyl (C=O) groups excluding carboxylic acids is 1. The van der Waals surface area contributed by atoms with E-state index < -0.39 is 18.0 Å². The third kappa shape index (κ3) is 5.60. The van der Waals surface area contributed by atoms with E-state index in [2.05, 4.69) is 36.5 Å². The molecule has 3 heterocycles. The van der Waals surface area contributed by atoms with Gasteiger partial charge in [0.25, 0.3) is 0 Å². The fraction of sp³-hybridized carbons (Fsp3) is 0.517. The zero-order valence-corrected chi connectivity index (χ0v) is 21.6. The Balaban J connectivity index is 1.52. The standard InChI is InChI=1S/C29H34F3N3O2/c1-17(10-20-4-5-20)24-13-23(14-34-19(24)3)22-11-21-6-8-35(28(36)18(2)29(30,31)32)15-26(21)25(12-22)27-16-37-9-7-33-27/h10-14,18,20,27,33H,4-9,15-16H2,1-3H3/b17-10-/t18-,27-/m1/s1. The number of pyridine rings is 1. The molecule has 0 unspecified atom stereocenters. The summed E-state index contributed by atoms with van der Waals surface area (Å²) in [5.41, 5.74) is 8.38. The molecular weight excluding hydrogens is 479 g/mol. The van der Waals surface area contributed by atoms with E-state index in [9.17, 15) is 18.0 Å². The molecule has 2 aliphatic heterocycles. The average molecular weight is 514 g/mol. The van der Waals surface area contributed by atoms with Crippen molar-refractivity contribution in [3.05, 3.63) is 58.4 Å². The molecule has 1 aromatic heterocycles. The lowest BCUT2D eigenvalue weighted by Crippen LogP contribution is -2.44. The molecule has 0 bridgehead atoms. The molecule has 0 spiro atoms. The Morgan fingerprint density at radius 3 is 2.70 bits per heavy atom. The second-order valence-electron chi connectivity index (χ2n) is 10.6. The van der Waals surface area contributed by atoms with Gasteiger partial charge in [-0.25, -0.2) is 0 Å². The number of aryl methyl sites for hydroxylation is 1. The molecule has 0 radical (unpaired) electrons. The maximum atomic E-state index is 13.3. The number of rotatable bonds is 5. The van der Waals surface area contributed by atoms with Gasteiger partial charge in [-0.3, -0.25) is 9.78 Å². The van der Waals surface area contributed by atoms with Crippen molar-refractivity contribution in [1.29, 1.82) is 0 Å². The number of amides is 1. The van der Waals surface area contributed by atoms with Crippen LogP contribution in [-0.2, 0) is 22.5 Å². The Morgan fingerprint density at radius 1 is 1.24 bits per heavy atom. The smallest absolute Gasteiger partial charge is 0.378 e. The Bertz CT molecular complexity index is 1210. The lowest BCUT2D eigenvalue weighted by atomic mass is 9.86. The SMILES string of the molecule is C/C(=C/C1CC1)c1cc(-c2cc3c(c([C@H]4COCCN4)c2)CN(C(=O)[C@@H](C)C(F)(F)F)CC3)cnc1C. The fourth-order valence-electron chi connectivity index (χ4n) is 5.34. The molecule has 1 saturated carbocycles. The first-order chi connectivity index (χ1) is 17.6. The third-order valence-electron chi connectivity index (χ3n) is 7.80. The first-order valence-electron chi connectivity index (χ1n) is 13.1. The van der Waals surface area contributed by atoms with E-state index in [1.165, 1.54) is 23.3 Å². The Morgan fingerprint density at radius 2 is 2.03 bits per heavy atom. The van der Waals surface area contributed by atoms with E-state index >= 15 is 0 Å². The predicted molar refractivity (Wildman–Crippen MR) is 137 cm³/mol. The van der Waals surface area contributed by atoms with E-state index in [-0.39, 0.29) is 19.1 Å². The number of carbonyl (C=O) groups is 1. The summed E-state index contributed by atoms with van der Waals surface area (Å²) in [4.78, 5) is 18.7. The number of morpholine rings is 1. The monoisotopic (exact) mass is 513 g/mol. The van der Waals surface area contributed by atoms with Gasteiger partial charge in [0.1, 0.15) is 5.92 Å². The molecule has 2 atom stereocenters. The first-order valence-corrected chi connectivity index (χ1v) is 13.1. The predicted octanol–water partition coefficient (Wildman–Crippen LogP) is 5.61. The van der Waals surface area contributed by atoms with Gasteiger partial charge in [0.15, 0.2) is 0 Å². The van der Waals surface area contributed by atoms with E-state index in [4.69, 9.17) is 9.72 Å². The van der Waals surface area contributed by atoms with Crippen LogP contribution < -0.4 is 5.32 Å². The summed E-state index contributed by atoms with van der Waals surface area (Å²) in [6.45, 7) is 7.33. The molecule has 1 saturated heterocycles. The average Bonchev–Trinajstić information content (AvgIpc) is 3.71. The second-order valence-corrected chi connectivity index (χ2v) is 10.6. The van der Waals surface area contributed by atoms with Crippen LogP contribution in [0.1, 0.15) is 60.7 Å². The van der Waals surface area contributed by atoms with Crippen molar-refractivity contribution < 1.29 is 22.7 Å². The summed E-state index contributed by atoms with van der Waals surface area (Å²) in [6, 6.07) is 6.32. The summed E-state index contributed by atoms with van der Waals surface area (Å²) in [5.74, 6) is -2.22. The summed E-state index contributed by atoms with van der Waals surface area (Å²) in [7, 11) is 0. The number of halogens is 3. The summed E-state index contributed by atoms with van der Waals surface area (Å²) in [5, 5.41) is 3.49. The van der Waals surface area contributed by atoms with Crippen molar-refractivity contribution in [2.75, 3.05) is 26.3 Å². The molecule has 2 fully saturated rings. The number of nitrogens with zero attached hydrogens (tertiary/aromatic N) is 2. The number of hydrogen-bond acceptors (Lipinski definition) is 4. The highest BCUT2D eigenvalue weighted by Gasteiger charge is 2.43. The lowest BCUT2D eigenvalue weighted by molar-refractivity contribution is -0.186. The quantitative estimate of drug-likeness (QED) is 0.564.